The van der Waals surface area contributed by atoms with Crippen molar-refractivity contribution in [2.75, 3.05) is 25.6 Å². The first kappa shape index (κ1) is 14.1. The summed E-state index contributed by atoms with van der Waals surface area (Å²) < 4.78 is 28.1. The van der Waals surface area contributed by atoms with Gasteiger partial charge in [-0.05, 0) is 29.0 Å². The summed E-state index contributed by atoms with van der Waals surface area (Å²) in [4.78, 5) is 2.06. The van der Waals surface area contributed by atoms with Crippen LogP contribution in [0.4, 0.5) is 5.69 Å². The predicted molar refractivity (Wildman–Crippen MR) is 85.7 cm³/mol. The van der Waals surface area contributed by atoms with Crippen LogP contribution in [-0.2, 0) is 14.3 Å². The number of fused-ring (bicyclic) bond motifs is 1. The smallest absolute Gasteiger partial charge is 0.290 e. The van der Waals surface area contributed by atoms with Crippen molar-refractivity contribution in [3.8, 4) is 0 Å². The molecule has 4 nitrogen and oxygen atoms in total. The molecule has 21 heavy (non-hydrogen) atoms. The lowest BCUT2D eigenvalue weighted by Gasteiger charge is -2.19. The van der Waals surface area contributed by atoms with Crippen molar-refractivity contribution in [3.63, 3.8) is 0 Å². The normalized spacial score (nSPS) is 17.5. The van der Waals surface area contributed by atoms with Gasteiger partial charge in [0.05, 0.1) is 12.0 Å². The van der Waals surface area contributed by atoms with Gasteiger partial charge in [-0.25, -0.2) is 0 Å². The Morgan fingerprint density at radius 3 is 2.48 bits per heavy atom. The Balaban J connectivity index is 2.25. The van der Waals surface area contributed by atoms with Crippen LogP contribution in [0.3, 0.4) is 0 Å². The number of rotatable bonds is 2. The van der Waals surface area contributed by atoms with Gasteiger partial charge in [0.15, 0.2) is 0 Å². The molecule has 0 radical (unpaired) electrons. The van der Waals surface area contributed by atoms with Gasteiger partial charge in [0, 0.05) is 25.2 Å². The molecule has 2 aromatic carbocycles. The lowest BCUT2D eigenvalue weighted by atomic mass is 9.96. The minimum absolute atomic E-state index is 0.206. The van der Waals surface area contributed by atoms with E-state index in [1.165, 1.54) is 5.41 Å². The molecule has 0 aromatic heterocycles. The fourth-order valence-corrected chi connectivity index (χ4v) is 3.67. The highest BCUT2D eigenvalue weighted by Crippen LogP contribution is 2.34. The van der Waals surface area contributed by atoms with Crippen LogP contribution in [0.15, 0.2) is 41.8 Å². The fraction of sp³-hybridized carbons (Fsp3) is 0.250. The van der Waals surface area contributed by atoms with Gasteiger partial charge in [-0.3, -0.25) is 4.18 Å². The molecule has 5 heteroatoms. The standard InChI is InChI=1S/C16H17NO3S/c1-17(2)16-8-4-6-14-13(5-3-7-15(14)16)12-9-10-20-21(18,19)11-12/h3-8,11H,9-10H2,1-2H3. The van der Waals surface area contributed by atoms with E-state index in [1.54, 1.807) is 0 Å². The van der Waals surface area contributed by atoms with E-state index in [1.807, 2.05) is 38.4 Å². The van der Waals surface area contributed by atoms with Crippen LogP contribution in [0.2, 0.25) is 0 Å². The molecule has 2 aromatic rings. The Labute approximate surface area is 124 Å². The number of nitrogens with zero attached hydrogens (tertiary/aromatic N) is 1. The van der Waals surface area contributed by atoms with Gasteiger partial charge in [-0.15, -0.1) is 0 Å². The molecule has 0 saturated carbocycles. The first-order chi connectivity index (χ1) is 9.98. The topological polar surface area (TPSA) is 46.6 Å². The first-order valence-corrected chi connectivity index (χ1v) is 8.24. The first-order valence-electron chi connectivity index (χ1n) is 6.77. The maximum absolute atomic E-state index is 11.6. The van der Waals surface area contributed by atoms with Crippen molar-refractivity contribution in [2.24, 2.45) is 0 Å². The summed E-state index contributed by atoms with van der Waals surface area (Å²) in [6.45, 7) is 0.206. The molecule has 110 valence electrons. The summed E-state index contributed by atoms with van der Waals surface area (Å²) in [5.74, 6) is 0. The van der Waals surface area contributed by atoms with Crippen LogP contribution in [0.25, 0.3) is 16.3 Å². The lowest BCUT2D eigenvalue weighted by Crippen LogP contribution is -2.11. The minimum atomic E-state index is -3.55. The number of benzene rings is 2. The van der Waals surface area contributed by atoms with Crippen LogP contribution in [0, 0.1) is 0 Å². The summed E-state index contributed by atoms with van der Waals surface area (Å²) in [7, 11) is 0.452. The van der Waals surface area contributed by atoms with Crippen LogP contribution >= 0.6 is 0 Å². The zero-order valence-electron chi connectivity index (χ0n) is 12.0. The number of hydrogen-bond acceptors (Lipinski definition) is 4. The molecule has 1 heterocycles. The van der Waals surface area contributed by atoms with Gasteiger partial charge < -0.3 is 4.90 Å². The Bertz CT molecular complexity index is 823. The molecule has 0 spiro atoms. The Morgan fingerprint density at radius 2 is 1.76 bits per heavy atom. The third-order valence-electron chi connectivity index (χ3n) is 3.63. The Morgan fingerprint density at radius 1 is 1.05 bits per heavy atom. The van der Waals surface area contributed by atoms with E-state index in [9.17, 15) is 8.42 Å². The highest BCUT2D eigenvalue weighted by molar-refractivity contribution is 7.89. The molecule has 0 saturated heterocycles. The monoisotopic (exact) mass is 303 g/mol. The Hall–Kier alpha value is -1.85. The average molecular weight is 303 g/mol. The van der Waals surface area contributed by atoms with Gasteiger partial charge >= 0.3 is 0 Å². The van der Waals surface area contributed by atoms with Crippen molar-refractivity contribution in [1.82, 2.24) is 0 Å². The van der Waals surface area contributed by atoms with Crippen molar-refractivity contribution >= 4 is 32.2 Å². The largest absolute Gasteiger partial charge is 0.377 e. The fourth-order valence-electron chi connectivity index (χ4n) is 2.70. The molecule has 0 bridgehead atoms. The number of hydrogen-bond donors (Lipinski definition) is 0. The minimum Gasteiger partial charge on any atom is -0.377 e. The molecule has 1 aliphatic rings. The van der Waals surface area contributed by atoms with Crippen molar-refractivity contribution in [2.45, 2.75) is 6.42 Å². The molecule has 0 fully saturated rings. The van der Waals surface area contributed by atoms with Crippen LogP contribution in [-0.4, -0.2) is 29.1 Å². The number of anilines is 1. The summed E-state index contributed by atoms with van der Waals surface area (Å²) in [6, 6.07) is 12.1. The second-order valence-electron chi connectivity index (χ2n) is 5.28. The van der Waals surface area contributed by atoms with Gasteiger partial charge in [0.2, 0.25) is 0 Å². The third-order valence-corrected chi connectivity index (χ3v) is 4.70. The lowest BCUT2D eigenvalue weighted by molar-refractivity contribution is 0.328. The van der Waals surface area contributed by atoms with E-state index in [4.69, 9.17) is 4.18 Å². The van der Waals surface area contributed by atoms with E-state index in [0.717, 1.165) is 27.6 Å². The third kappa shape index (κ3) is 2.66. The van der Waals surface area contributed by atoms with Crippen molar-refractivity contribution in [3.05, 3.63) is 47.4 Å². The predicted octanol–water partition coefficient (Wildman–Crippen LogP) is 3.00. The summed E-state index contributed by atoms with van der Waals surface area (Å²) >= 11 is 0. The summed E-state index contributed by atoms with van der Waals surface area (Å²) in [5, 5.41) is 3.42. The van der Waals surface area contributed by atoms with E-state index < -0.39 is 10.1 Å². The van der Waals surface area contributed by atoms with Crippen LogP contribution in [0.5, 0.6) is 0 Å². The second kappa shape index (κ2) is 5.16. The SMILES string of the molecule is CN(C)c1cccc2c(C3=CS(=O)(=O)OCC3)cccc12. The molecule has 0 amide bonds. The highest BCUT2D eigenvalue weighted by atomic mass is 32.2. The highest BCUT2D eigenvalue weighted by Gasteiger charge is 2.19. The van der Waals surface area contributed by atoms with Crippen LogP contribution < -0.4 is 4.90 Å². The van der Waals surface area contributed by atoms with Gasteiger partial charge in [-0.1, -0.05) is 30.3 Å². The molecule has 3 rings (SSSR count). The quantitative estimate of drug-likeness (QED) is 0.800. The average Bonchev–Trinajstić information content (AvgIpc) is 2.44. The van der Waals surface area contributed by atoms with E-state index in [2.05, 4.69) is 17.0 Å². The molecule has 0 aliphatic carbocycles. The molecule has 1 aliphatic heterocycles. The zero-order chi connectivity index (χ0) is 15.0. The van der Waals surface area contributed by atoms with E-state index >= 15 is 0 Å². The summed E-state index contributed by atoms with van der Waals surface area (Å²) in [6.07, 6.45) is 0.602. The Kier molecular flexibility index (Phi) is 3.47. The molecular weight excluding hydrogens is 286 g/mol. The summed E-state index contributed by atoms with van der Waals surface area (Å²) in [5.41, 5.74) is 2.88. The second-order valence-corrected chi connectivity index (χ2v) is 6.74. The van der Waals surface area contributed by atoms with Gasteiger partial charge in [0.25, 0.3) is 10.1 Å². The molecular formula is C16H17NO3S. The maximum Gasteiger partial charge on any atom is 0.290 e. The van der Waals surface area contributed by atoms with Crippen LogP contribution in [0.1, 0.15) is 12.0 Å². The maximum atomic E-state index is 11.6. The van der Waals surface area contributed by atoms with E-state index in [0.29, 0.717) is 6.42 Å². The molecule has 0 N–H and O–H groups in total. The van der Waals surface area contributed by atoms with E-state index in [-0.39, 0.29) is 6.61 Å². The van der Waals surface area contributed by atoms with Gasteiger partial charge in [0.1, 0.15) is 0 Å². The molecule has 0 atom stereocenters. The van der Waals surface area contributed by atoms with Crippen molar-refractivity contribution in [1.29, 1.82) is 0 Å². The zero-order valence-corrected chi connectivity index (χ0v) is 12.9. The van der Waals surface area contributed by atoms with Gasteiger partial charge in [-0.2, -0.15) is 8.42 Å². The van der Waals surface area contributed by atoms with Crippen molar-refractivity contribution < 1.29 is 12.6 Å². The molecule has 0 unspecified atom stereocenters.